The van der Waals surface area contributed by atoms with E-state index in [2.05, 4.69) is 11.3 Å². The predicted octanol–water partition coefficient (Wildman–Crippen LogP) is 1.73. The van der Waals surface area contributed by atoms with E-state index in [9.17, 15) is 13.2 Å². The summed E-state index contributed by atoms with van der Waals surface area (Å²) in [6, 6.07) is 5.54. The van der Waals surface area contributed by atoms with Crippen LogP contribution in [0.4, 0.5) is 0 Å². The van der Waals surface area contributed by atoms with E-state index in [1.165, 1.54) is 32.2 Å². The Kier molecular flexibility index (Phi) is 5.47. The van der Waals surface area contributed by atoms with Gasteiger partial charge in [-0.15, -0.1) is 6.58 Å². The van der Waals surface area contributed by atoms with Crippen LogP contribution in [-0.4, -0.2) is 38.4 Å². The number of hydrogen-bond acceptors (Lipinski definition) is 4. The van der Waals surface area contributed by atoms with E-state index in [4.69, 9.17) is 0 Å². The number of hydrogen-bond donors (Lipinski definition) is 0. The van der Waals surface area contributed by atoms with Crippen LogP contribution in [0.25, 0.3) is 0 Å². The summed E-state index contributed by atoms with van der Waals surface area (Å²) in [5.41, 5.74) is 0.959. The van der Waals surface area contributed by atoms with Crippen molar-refractivity contribution in [2.24, 2.45) is 0 Å². The fourth-order valence-corrected chi connectivity index (χ4v) is 3.28. The van der Waals surface area contributed by atoms with E-state index in [0.29, 0.717) is 0 Å². The van der Waals surface area contributed by atoms with Gasteiger partial charge in [0.1, 0.15) is 6.04 Å². The van der Waals surface area contributed by atoms with E-state index >= 15 is 0 Å². The van der Waals surface area contributed by atoms with Crippen molar-refractivity contribution in [3.05, 3.63) is 42.5 Å². The number of aryl methyl sites for hydroxylation is 1. The molecular formula is C14H19NO4S. The maximum atomic E-state index is 12.6. The summed E-state index contributed by atoms with van der Waals surface area (Å²) in [6.45, 7) is 6.92. The number of carbonyl (C=O) groups excluding carboxylic acids is 1. The number of methoxy groups -OCH3 is 1. The molecule has 0 N–H and O–H groups in total. The average Bonchev–Trinajstić information content (AvgIpc) is 2.43. The van der Waals surface area contributed by atoms with E-state index in [-0.39, 0.29) is 11.4 Å². The zero-order valence-electron chi connectivity index (χ0n) is 11.9. The Balaban J connectivity index is 3.21. The van der Waals surface area contributed by atoms with Gasteiger partial charge in [-0.1, -0.05) is 23.8 Å². The second-order valence-corrected chi connectivity index (χ2v) is 6.27. The van der Waals surface area contributed by atoms with Gasteiger partial charge in [0.2, 0.25) is 10.0 Å². The van der Waals surface area contributed by atoms with Gasteiger partial charge in [-0.05, 0) is 26.0 Å². The lowest BCUT2D eigenvalue weighted by atomic mass is 10.2. The van der Waals surface area contributed by atoms with Crippen molar-refractivity contribution in [2.45, 2.75) is 24.8 Å². The lowest BCUT2D eigenvalue weighted by Gasteiger charge is -2.25. The minimum absolute atomic E-state index is 0.0342. The van der Waals surface area contributed by atoms with Crippen LogP contribution in [0.1, 0.15) is 12.5 Å². The molecule has 0 aliphatic heterocycles. The number of esters is 1. The Hall–Kier alpha value is -1.66. The first-order valence-electron chi connectivity index (χ1n) is 6.11. The van der Waals surface area contributed by atoms with Crippen LogP contribution in [0.5, 0.6) is 0 Å². The largest absolute Gasteiger partial charge is 0.468 e. The summed E-state index contributed by atoms with van der Waals surface area (Å²) in [4.78, 5) is 11.7. The Morgan fingerprint density at radius 3 is 2.40 bits per heavy atom. The monoisotopic (exact) mass is 297 g/mol. The SMILES string of the molecule is C=CCN(C(C)C(=O)OC)S(=O)(=O)c1ccc(C)cc1. The van der Waals surface area contributed by atoms with Crippen LogP contribution >= 0.6 is 0 Å². The van der Waals surface area contributed by atoms with E-state index in [1.54, 1.807) is 12.1 Å². The molecule has 0 aliphatic rings. The van der Waals surface area contributed by atoms with Gasteiger partial charge < -0.3 is 4.74 Å². The molecule has 0 heterocycles. The summed E-state index contributed by atoms with van der Waals surface area (Å²) in [7, 11) is -2.55. The Labute approximate surface area is 119 Å². The summed E-state index contributed by atoms with van der Waals surface area (Å²) < 4.78 is 30.8. The molecule has 20 heavy (non-hydrogen) atoms. The van der Waals surface area contributed by atoms with Gasteiger partial charge >= 0.3 is 5.97 Å². The molecule has 1 atom stereocenters. The Morgan fingerprint density at radius 2 is 1.95 bits per heavy atom. The third kappa shape index (κ3) is 3.46. The number of benzene rings is 1. The number of sulfonamides is 1. The highest BCUT2D eigenvalue weighted by molar-refractivity contribution is 7.89. The second kappa shape index (κ2) is 6.67. The Morgan fingerprint density at radius 1 is 1.40 bits per heavy atom. The van der Waals surface area contributed by atoms with Crippen LogP contribution in [-0.2, 0) is 19.6 Å². The molecule has 0 bridgehead atoms. The normalized spacial score (nSPS) is 13.0. The molecule has 6 heteroatoms. The third-order valence-electron chi connectivity index (χ3n) is 2.91. The molecule has 0 amide bonds. The molecule has 0 radical (unpaired) electrons. The van der Waals surface area contributed by atoms with Crippen LogP contribution < -0.4 is 0 Å². The first-order chi connectivity index (χ1) is 9.34. The first kappa shape index (κ1) is 16.4. The summed E-state index contributed by atoms with van der Waals surface area (Å²) in [6.07, 6.45) is 1.44. The maximum absolute atomic E-state index is 12.6. The van der Waals surface area contributed by atoms with Crippen LogP contribution in [0.3, 0.4) is 0 Å². The molecule has 5 nitrogen and oxygen atoms in total. The maximum Gasteiger partial charge on any atom is 0.323 e. The molecule has 0 saturated heterocycles. The highest BCUT2D eigenvalue weighted by atomic mass is 32.2. The first-order valence-corrected chi connectivity index (χ1v) is 7.55. The van der Waals surface area contributed by atoms with Crippen LogP contribution in [0.2, 0.25) is 0 Å². The van der Waals surface area contributed by atoms with Gasteiger partial charge in [0.05, 0.1) is 12.0 Å². The summed E-state index contributed by atoms with van der Waals surface area (Å²) >= 11 is 0. The summed E-state index contributed by atoms with van der Waals surface area (Å²) in [5.74, 6) is -0.609. The zero-order chi connectivity index (χ0) is 15.3. The van der Waals surface area contributed by atoms with Crippen molar-refractivity contribution in [1.29, 1.82) is 0 Å². The number of carbonyl (C=O) groups is 1. The van der Waals surface area contributed by atoms with Crippen molar-refractivity contribution >= 4 is 16.0 Å². The predicted molar refractivity (Wildman–Crippen MR) is 76.7 cm³/mol. The number of ether oxygens (including phenoxy) is 1. The lowest BCUT2D eigenvalue weighted by molar-refractivity contribution is -0.144. The zero-order valence-corrected chi connectivity index (χ0v) is 12.7. The van der Waals surface area contributed by atoms with E-state index < -0.39 is 22.0 Å². The van der Waals surface area contributed by atoms with Crippen molar-refractivity contribution < 1.29 is 17.9 Å². The van der Waals surface area contributed by atoms with E-state index in [0.717, 1.165) is 9.87 Å². The highest BCUT2D eigenvalue weighted by Gasteiger charge is 2.32. The van der Waals surface area contributed by atoms with E-state index in [1.807, 2.05) is 6.92 Å². The highest BCUT2D eigenvalue weighted by Crippen LogP contribution is 2.19. The molecule has 0 fully saturated rings. The molecule has 0 saturated carbocycles. The van der Waals surface area contributed by atoms with Crippen LogP contribution in [0.15, 0.2) is 41.8 Å². The van der Waals surface area contributed by atoms with Crippen molar-refractivity contribution in [1.82, 2.24) is 4.31 Å². The van der Waals surface area contributed by atoms with Crippen LogP contribution in [0, 0.1) is 6.92 Å². The van der Waals surface area contributed by atoms with Gasteiger partial charge in [-0.3, -0.25) is 4.79 Å². The quantitative estimate of drug-likeness (QED) is 0.592. The lowest BCUT2D eigenvalue weighted by Crippen LogP contribution is -2.43. The summed E-state index contributed by atoms with van der Waals surface area (Å²) in [5, 5.41) is 0. The van der Waals surface area contributed by atoms with Gasteiger partial charge in [0.25, 0.3) is 0 Å². The third-order valence-corrected chi connectivity index (χ3v) is 4.86. The topological polar surface area (TPSA) is 63.7 Å². The Bertz CT molecular complexity index is 578. The molecule has 1 aromatic carbocycles. The van der Waals surface area contributed by atoms with Gasteiger partial charge in [0, 0.05) is 6.54 Å². The van der Waals surface area contributed by atoms with Crippen molar-refractivity contribution in [3.63, 3.8) is 0 Å². The molecule has 1 unspecified atom stereocenters. The molecular weight excluding hydrogens is 278 g/mol. The standard InChI is InChI=1S/C14H19NO4S/c1-5-10-15(12(3)14(16)19-4)20(17,18)13-8-6-11(2)7-9-13/h5-9,12H,1,10H2,2-4H3. The van der Waals surface area contributed by atoms with Crippen molar-refractivity contribution in [3.8, 4) is 0 Å². The number of nitrogens with zero attached hydrogens (tertiary/aromatic N) is 1. The molecule has 110 valence electrons. The molecule has 0 aromatic heterocycles. The van der Waals surface area contributed by atoms with Gasteiger partial charge in [-0.2, -0.15) is 4.31 Å². The average molecular weight is 297 g/mol. The molecule has 1 rings (SSSR count). The minimum atomic E-state index is -3.77. The molecule has 1 aromatic rings. The van der Waals surface area contributed by atoms with Gasteiger partial charge in [-0.25, -0.2) is 8.42 Å². The fourth-order valence-electron chi connectivity index (χ4n) is 1.73. The van der Waals surface area contributed by atoms with Gasteiger partial charge in [0.15, 0.2) is 0 Å². The minimum Gasteiger partial charge on any atom is -0.468 e. The molecule has 0 aliphatic carbocycles. The molecule has 0 spiro atoms. The van der Waals surface area contributed by atoms with Crippen molar-refractivity contribution in [2.75, 3.05) is 13.7 Å². The fraction of sp³-hybridized carbons (Fsp3) is 0.357. The number of rotatable bonds is 6. The second-order valence-electron chi connectivity index (χ2n) is 4.38. The smallest absolute Gasteiger partial charge is 0.323 e.